The number of imidazole rings is 1. The van der Waals surface area contributed by atoms with E-state index in [9.17, 15) is 22.8 Å². The number of esters is 1. The lowest BCUT2D eigenvalue weighted by Gasteiger charge is -2.09. The predicted molar refractivity (Wildman–Crippen MR) is 63.1 cm³/mol. The van der Waals surface area contributed by atoms with Crippen LogP contribution in [0.2, 0.25) is 0 Å². The Hall–Kier alpha value is -2.06. The highest BCUT2D eigenvalue weighted by molar-refractivity contribution is 5.98. The SMILES string of the molecule is CCOC(=O)c1ncn(C)c1NC(=O)CCC(F)(F)F. The fourth-order valence-electron chi connectivity index (χ4n) is 1.38. The molecule has 0 saturated carbocycles. The number of carbonyl (C=O) groups is 2. The molecule has 0 fully saturated rings. The summed E-state index contributed by atoms with van der Waals surface area (Å²) < 4.78 is 42.1. The first-order chi connectivity index (χ1) is 9.24. The van der Waals surface area contributed by atoms with Gasteiger partial charge < -0.3 is 14.6 Å². The lowest BCUT2D eigenvalue weighted by atomic mass is 10.3. The van der Waals surface area contributed by atoms with Crippen LogP contribution in [0.3, 0.4) is 0 Å². The molecule has 1 rings (SSSR count). The lowest BCUT2D eigenvalue weighted by Crippen LogP contribution is -2.19. The Balaban J connectivity index is 2.74. The van der Waals surface area contributed by atoms with Crippen LogP contribution in [-0.2, 0) is 16.6 Å². The van der Waals surface area contributed by atoms with Crippen LogP contribution in [-0.4, -0.2) is 34.2 Å². The Morgan fingerprint density at radius 1 is 1.45 bits per heavy atom. The van der Waals surface area contributed by atoms with Gasteiger partial charge in [0.1, 0.15) is 5.82 Å². The maximum atomic E-state index is 12.0. The molecule has 1 amide bonds. The summed E-state index contributed by atoms with van der Waals surface area (Å²) in [6.45, 7) is 1.72. The van der Waals surface area contributed by atoms with Crippen molar-refractivity contribution in [3.05, 3.63) is 12.0 Å². The van der Waals surface area contributed by atoms with E-state index in [1.807, 2.05) is 0 Å². The third kappa shape index (κ3) is 4.56. The molecule has 0 aliphatic carbocycles. The number of nitrogens with one attached hydrogen (secondary N) is 1. The van der Waals surface area contributed by atoms with Crippen LogP contribution < -0.4 is 5.32 Å². The highest BCUT2D eigenvalue weighted by Crippen LogP contribution is 2.22. The minimum Gasteiger partial charge on any atom is -0.461 e. The summed E-state index contributed by atoms with van der Waals surface area (Å²) in [5.74, 6) is -1.59. The molecule has 1 N–H and O–H groups in total. The molecule has 0 bridgehead atoms. The fourth-order valence-corrected chi connectivity index (χ4v) is 1.38. The Morgan fingerprint density at radius 3 is 2.65 bits per heavy atom. The van der Waals surface area contributed by atoms with E-state index in [2.05, 4.69) is 10.3 Å². The van der Waals surface area contributed by atoms with E-state index in [1.165, 1.54) is 17.9 Å². The minimum absolute atomic E-state index is 0.00984. The maximum absolute atomic E-state index is 12.0. The number of rotatable bonds is 5. The first-order valence-electron chi connectivity index (χ1n) is 5.79. The van der Waals surface area contributed by atoms with Crippen molar-refractivity contribution in [2.45, 2.75) is 25.9 Å². The zero-order valence-electron chi connectivity index (χ0n) is 11.0. The van der Waals surface area contributed by atoms with E-state index < -0.39 is 30.9 Å². The number of nitrogens with zero attached hydrogens (tertiary/aromatic N) is 2. The van der Waals surface area contributed by atoms with Gasteiger partial charge in [-0.05, 0) is 6.92 Å². The van der Waals surface area contributed by atoms with Crippen molar-refractivity contribution in [2.75, 3.05) is 11.9 Å². The lowest BCUT2D eigenvalue weighted by molar-refractivity contribution is -0.142. The van der Waals surface area contributed by atoms with Crippen molar-refractivity contribution in [2.24, 2.45) is 7.05 Å². The topological polar surface area (TPSA) is 73.2 Å². The summed E-state index contributed by atoms with van der Waals surface area (Å²) in [4.78, 5) is 26.7. The van der Waals surface area contributed by atoms with Gasteiger partial charge in [0.2, 0.25) is 5.91 Å². The molecule has 0 unspecified atom stereocenters. The first kappa shape index (κ1) is 16.0. The summed E-state index contributed by atoms with van der Waals surface area (Å²) in [7, 11) is 1.50. The molecule has 1 aromatic heterocycles. The molecular weight excluding hydrogens is 279 g/mol. The maximum Gasteiger partial charge on any atom is 0.389 e. The number of anilines is 1. The Bertz CT molecular complexity index is 497. The van der Waals surface area contributed by atoms with Crippen LogP contribution in [0.5, 0.6) is 0 Å². The number of amides is 1. The number of hydrogen-bond acceptors (Lipinski definition) is 4. The third-order valence-corrected chi connectivity index (χ3v) is 2.30. The Morgan fingerprint density at radius 2 is 2.10 bits per heavy atom. The molecule has 0 aromatic carbocycles. The smallest absolute Gasteiger partial charge is 0.389 e. The van der Waals surface area contributed by atoms with E-state index >= 15 is 0 Å². The van der Waals surface area contributed by atoms with Crippen LogP contribution in [0, 0.1) is 0 Å². The highest BCUT2D eigenvalue weighted by atomic mass is 19.4. The zero-order valence-corrected chi connectivity index (χ0v) is 11.0. The average molecular weight is 293 g/mol. The van der Waals surface area contributed by atoms with Gasteiger partial charge in [-0.15, -0.1) is 0 Å². The minimum atomic E-state index is -4.41. The number of halogens is 3. The molecule has 9 heteroatoms. The molecule has 0 aliphatic rings. The van der Waals surface area contributed by atoms with Crippen LogP contribution in [0.4, 0.5) is 19.0 Å². The number of ether oxygens (including phenoxy) is 1. The van der Waals surface area contributed by atoms with Crippen molar-refractivity contribution in [3.8, 4) is 0 Å². The number of aromatic nitrogens is 2. The summed E-state index contributed by atoms with van der Waals surface area (Å²) in [5, 5.41) is 2.23. The monoisotopic (exact) mass is 293 g/mol. The van der Waals surface area contributed by atoms with E-state index in [0.29, 0.717) is 0 Å². The third-order valence-electron chi connectivity index (χ3n) is 2.30. The molecule has 6 nitrogen and oxygen atoms in total. The van der Waals surface area contributed by atoms with E-state index in [0.717, 1.165) is 0 Å². The molecule has 0 radical (unpaired) electrons. The zero-order chi connectivity index (χ0) is 15.3. The molecular formula is C11H14F3N3O3. The number of carbonyl (C=O) groups excluding carboxylic acids is 2. The summed E-state index contributed by atoms with van der Waals surface area (Å²) in [5.41, 5.74) is -0.144. The molecule has 0 atom stereocenters. The van der Waals surface area contributed by atoms with Crippen LogP contribution in [0.1, 0.15) is 30.3 Å². The van der Waals surface area contributed by atoms with Gasteiger partial charge in [0.15, 0.2) is 5.69 Å². The molecule has 0 spiro atoms. The summed E-state index contributed by atoms with van der Waals surface area (Å²) in [6.07, 6.45) is -5.11. The molecule has 0 aliphatic heterocycles. The normalized spacial score (nSPS) is 11.2. The molecule has 20 heavy (non-hydrogen) atoms. The van der Waals surface area contributed by atoms with Crippen LogP contribution in [0.15, 0.2) is 6.33 Å². The predicted octanol–water partition coefficient (Wildman–Crippen LogP) is 1.88. The van der Waals surface area contributed by atoms with Crippen molar-refractivity contribution in [3.63, 3.8) is 0 Å². The second-order valence-corrected chi connectivity index (χ2v) is 3.94. The van der Waals surface area contributed by atoms with Crippen LogP contribution in [0.25, 0.3) is 0 Å². The molecule has 112 valence electrons. The highest BCUT2D eigenvalue weighted by Gasteiger charge is 2.28. The van der Waals surface area contributed by atoms with Gasteiger partial charge in [-0.2, -0.15) is 13.2 Å². The van der Waals surface area contributed by atoms with Gasteiger partial charge >= 0.3 is 12.1 Å². The van der Waals surface area contributed by atoms with E-state index in [1.54, 1.807) is 6.92 Å². The Labute approximate surface area is 112 Å². The number of hydrogen-bond donors (Lipinski definition) is 1. The quantitative estimate of drug-likeness (QED) is 0.841. The first-order valence-corrected chi connectivity index (χ1v) is 5.79. The van der Waals surface area contributed by atoms with Gasteiger partial charge in [-0.1, -0.05) is 0 Å². The van der Waals surface area contributed by atoms with Crippen LogP contribution >= 0.6 is 0 Å². The van der Waals surface area contributed by atoms with Crippen molar-refractivity contribution < 1.29 is 27.5 Å². The van der Waals surface area contributed by atoms with Crippen molar-refractivity contribution in [1.82, 2.24) is 9.55 Å². The standard InChI is InChI=1S/C11H14F3N3O3/c1-3-20-10(19)8-9(17(2)6-15-8)16-7(18)4-5-11(12,13)14/h6H,3-5H2,1-2H3,(H,16,18). The van der Waals surface area contributed by atoms with Gasteiger partial charge in [-0.25, -0.2) is 9.78 Å². The number of alkyl halides is 3. The average Bonchev–Trinajstić information content (AvgIpc) is 2.68. The van der Waals surface area contributed by atoms with Gasteiger partial charge in [0.05, 0.1) is 19.4 Å². The van der Waals surface area contributed by atoms with E-state index in [4.69, 9.17) is 4.74 Å². The molecule has 0 saturated heterocycles. The fraction of sp³-hybridized carbons (Fsp3) is 0.545. The molecule has 1 aromatic rings. The summed E-state index contributed by atoms with van der Waals surface area (Å²) in [6, 6.07) is 0. The van der Waals surface area contributed by atoms with Gasteiger partial charge in [0.25, 0.3) is 0 Å². The number of aryl methyl sites for hydroxylation is 1. The van der Waals surface area contributed by atoms with Gasteiger partial charge in [-0.3, -0.25) is 4.79 Å². The second-order valence-electron chi connectivity index (χ2n) is 3.94. The van der Waals surface area contributed by atoms with E-state index in [-0.39, 0.29) is 18.1 Å². The Kier molecular flexibility index (Phi) is 5.12. The molecule has 1 heterocycles. The van der Waals surface area contributed by atoms with Crippen molar-refractivity contribution >= 4 is 17.7 Å². The van der Waals surface area contributed by atoms with Crippen molar-refractivity contribution in [1.29, 1.82) is 0 Å². The summed E-state index contributed by atoms with van der Waals surface area (Å²) >= 11 is 0. The van der Waals surface area contributed by atoms with Gasteiger partial charge in [0, 0.05) is 13.5 Å². The second kappa shape index (κ2) is 6.40. The largest absolute Gasteiger partial charge is 0.461 e.